The van der Waals surface area contributed by atoms with Crippen LogP contribution in [-0.4, -0.2) is 33.6 Å². The van der Waals surface area contributed by atoms with Crippen LogP contribution in [0.15, 0.2) is 18.2 Å². The predicted molar refractivity (Wildman–Crippen MR) is 85.0 cm³/mol. The van der Waals surface area contributed by atoms with Gasteiger partial charge < -0.3 is 14.5 Å². The van der Waals surface area contributed by atoms with Crippen molar-refractivity contribution in [1.82, 2.24) is 14.5 Å². The number of nitrogens with zero attached hydrogens (tertiary/aromatic N) is 2. The minimum Gasteiger partial charge on any atom is -0.331 e. The Balaban J connectivity index is 1.74. The third-order valence-corrected chi connectivity index (χ3v) is 5.37. The third kappa shape index (κ3) is 2.01. The number of benzene rings is 1. The van der Waals surface area contributed by atoms with Crippen molar-refractivity contribution >= 4 is 34.9 Å². The van der Waals surface area contributed by atoms with Crippen LogP contribution in [0.25, 0.3) is 11.0 Å². The highest BCUT2D eigenvalue weighted by molar-refractivity contribution is 7.71. The van der Waals surface area contributed by atoms with E-state index in [2.05, 4.69) is 20.5 Å². The van der Waals surface area contributed by atoms with Gasteiger partial charge in [0.05, 0.1) is 11.0 Å². The van der Waals surface area contributed by atoms with Crippen molar-refractivity contribution in [3.63, 3.8) is 0 Å². The fraction of sp³-hybridized carbons (Fsp3) is 0.533. The number of rotatable bonds is 1. The molecule has 2 aliphatic heterocycles. The standard InChI is InChI=1S/C15H18ClN3S/c16-10-3-4-14-13(8-10)17-15(20)19(14)12-5-7-18-6-1-2-11(18)9-12/h3-4,8,11-12H,1-2,5-7,9H2,(H,17,20). The van der Waals surface area contributed by atoms with Gasteiger partial charge in [0.2, 0.25) is 0 Å². The van der Waals surface area contributed by atoms with Gasteiger partial charge in [-0.05, 0) is 62.6 Å². The molecule has 3 nitrogen and oxygen atoms in total. The summed E-state index contributed by atoms with van der Waals surface area (Å²) >= 11 is 11.6. The first-order valence-electron chi connectivity index (χ1n) is 7.36. The van der Waals surface area contributed by atoms with E-state index in [4.69, 9.17) is 23.8 Å². The number of piperidine rings is 1. The highest BCUT2D eigenvalue weighted by Gasteiger charge is 2.33. The fourth-order valence-electron chi connectivity index (χ4n) is 3.90. The van der Waals surface area contributed by atoms with Crippen LogP contribution < -0.4 is 0 Å². The van der Waals surface area contributed by atoms with Crippen LogP contribution in [0.3, 0.4) is 0 Å². The molecule has 0 spiro atoms. The molecule has 0 amide bonds. The summed E-state index contributed by atoms with van der Waals surface area (Å²) in [5, 5.41) is 0.756. The van der Waals surface area contributed by atoms with Gasteiger partial charge in [0.1, 0.15) is 0 Å². The van der Waals surface area contributed by atoms with Gasteiger partial charge >= 0.3 is 0 Å². The van der Waals surface area contributed by atoms with Crippen LogP contribution in [0.4, 0.5) is 0 Å². The van der Waals surface area contributed by atoms with Crippen LogP contribution in [0.2, 0.25) is 5.02 Å². The van der Waals surface area contributed by atoms with E-state index in [0.717, 1.165) is 21.4 Å². The van der Waals surface area contributed by atoms with Crippen LogP contribution in [0.5, 0.6) is 0 Å². The maximum atomic E-state index is 6.07. The first-order chi connectivity index (χ1) is 9.72. The van der Waals surface area contributed by atoms with Gasteiger partial charge in [-0.3, -0.25) is 0 Å². The Morgan fingerprint density at radius 3 is 3.00 bits per heavy atom. The zero-order valence-electron chi connectivity index (χ0n) is 11.3. The van der Waals surface area contributed by atoms with E-state index >= 15 is 0 Å². The number of aromatic nitrogens is 2. The minimum absolute atomic E-state index is 0.525. The number of hydrogen-bond donors (Lipinski definition) is 1. The summed E-state index contributed by atoms with van der Waals surface area (Å²) in [6, 6.07) is 7.29. The first kappa shape index (κ1) is 12.9. The minimum atomic E-state index is 0.525. The molecule has 4 rings (SSSR count). The Hall–Kier alpha value is -0.840. The first-order valence-corrected chi connectivity index (χ1v) is 8.15. The quantitative estimate of drug-likeness (QED) is 0.800. The molecule has 2 saturated heterocycles. The number of imidazole rings is 1. The molecule has 1 N–H and O–H groups in total. The third-order valence-electron chi connectivity index (χ3n) is 4.84. The summed E-state index contributed by atoms with van der Waals surface area (Å²) in [6.45, 7) is 2.49. The van der Waals surface area contributed by atoms with Crippen molar-refractivity contribution in [3.05, 3.63) is 28.0 Å². The molecular formula is C15H18ClN3S. The maximum absolute atomic E-state index is 6.07. The molecule has 1 aromatic carbocycles. The van der Waals surface area contributed by atoms with E-state index in [1.165, 1.54) is 44.3 Å². The van der Waals surface area contributed by atoms with Gasteiger partial charge in [0.15, 0.2) is 4.77 Å². The Bertz CT molecular complexity index is 705. The number of nitrogens with one attached hydrogen (secondary N) is 1. The number of halogens is 1. The molecule has 1 aromatic heterocycles. The van der Waals surface area contributed by atoms with Crippen molar-refractivity contribution in [2.45, 2.75) is 37.8 Å². The molecule has 2 atom stereocenters. The zero-order valence-corrected chi connectivity index (χ0v) is 12.9. The number of aromatic amines is 1. The molecule has 0 saturated carbocycles. The summed E-state index contributed by atoms with van der Waals surface area (Å²) in [5.41, 5.74) is 2.24. The maximum Gasteiger partial charge on any atom is 0.178 e. The van der Waals surface area contributed by atoms with Crippen LogP contribution >= 0.6 is 23.8 Å². The van der Waals surface area contributed by atoms with Crippen LogP contribution in [0.1, 0.15) is 31.7 Å². The van der Waals surface area contributed by atoms with E-state index in [1.807, 2.05) is 12.1 Å². The Morgan fingerprint density at radius 2 is 2.10 bits per heavy atom. The van der Waals surface area contributed by atoms with Gasteiger partial charge in [-0.1, -0.05) is 11.6 Å². The van der Waals surface area contributed by atoms with Gasteiger partial charge in [-0.25, -0.2) is 0 Å². The Labute approximate surface area is 128 Å². The second kappa shape index (κ2) is 4.86. The highest BCUT2D eigenvalue weighted by Crippen LogP contribution is 2.35. The second-order valence-electron chi connectivity index (χ2n) is 5.97. The molecule has 2 aliphatic rings. The van der Waals surface area contributed by atoms with Crippen molar-refractivity contribution in [1.29, 1.82) is 0 Å². The summed E-state index contributed by atoms with van der Waals surface area (Å²) in [5.74, 6) is 0. The largest absolute Gasteiger partial charge is 0.331 e. The SMILES string of the molecule is S=c1[nH]c2cc(Cl)ccc2n1C1CCN2CCCC2C1. The Kier molecular flexibility index (Phi) is 3.13. The topological polar surface area (TPSA) is 24.0 Å². The molecule has 106 valence electrons. The van der Waals surface area contributed by atoms with Crippen molar-refractivity contribution < 1.29 is 0 Å². The molecule has 0 aliphatic carbocycles. The normalized spacial score (nSPS) is 27.1. The Morgan fingerprint density at radius 1 is 1.20 bits per heavy atom. The summed E-state index contributed by atoms with van der Waals surface area (Å²) in [4.78, 5) is 5.95. The van der Waals surface area contributed by atoms with Gasteiger partial charge in [-0.15, -0.1) is 0 Å². The molecule has 2 fully saturated rings. The lowest BCUT2D eigenvalue weighted by atomic mass is 9.97. The lowest BCUT2D eigenvalue weighted by Gasteiger charge is -2.35. The molecule has 5 heteroatoms. The molecule has 0 radical (unpaired) electrons. The molecule has 20 heavy (non-hydrogen) atoms. The van der Waals surface area contributed by atoms with E-state index in [9.17, 15) is 0 Å². The molecule has 3 heterocycles. The smallest absolute Gasteiger partial charge is 0.178 e. The van der Waals surface area contributed by atoms with Crippen LogP contribution in [0, 0.1) is 4.77 Å². The van der Waals surface area contributed by atoms with E-state index in [1.54, 1.807) is 0 Å². The van der Waals surface area contributed by atoms with Crippen LogP contribution in [-0.2, 0) is 0 Å². The zero-order chi connectivity index (χ0) is 13.7. The number of fused-ring (bicyclic) bond motifs is 2. The lowest BCUT2D eigenvalue weighted by molar-refractivity contribution is 0.156. The average Bonchev–Trinajstić information content (AvgIpc) is 3.00. The average molecular weight is 308 g/mol. The number of H-pyrrole nitrogens is 1. The van der Waals surface area contributed by atoms with Gasteiger partial charge in [0.25, 0.3) is 0 Å². The second-order valence-corrected chi connectivity index (χ2v) is 6.79. The molecule has 2 aromatic rings. The summed E-state index contributed by atoms with van der Waals surface area (Å²) < 4.78 is 3.15. The molecule has 2 unspecified atom stereocenters. The van der Waals surface area contributed by atoms with Crippen molar-refractivity contribution in [3.8, 4) is 0 Å². The van der Waals surface area contributed by atoms with E-state index in [0.29, 0.717) is 6.04 Å². The summed E-state index contributed by atoms with van der Waals surface area (Å²) in [7, 11) is 0. The highest BCUT2D eigenvalue weighted by atomic mass is 35.5. The molecule has 0 bridgehead atoms. The van der Waals surface area contributed by atoms with Gasteiger partial charge in [0, 0.05) is 23.7 Å². The predicted octanol–water partition coefficient (Wildman–Crippen LogP) is 4.15. The molecular weight excluding hydrogens is 290 g/mol. The van der Waals surface area contributed by atoms with Crippen molar-refractivity contribution in [2.24, 2.45) is 0 Å². The number of hydrogen-bond acceptors (Lipinski definition) is 2. The van der Waals surface area contributed by atoms with Gasteiger partial charge in [-0.2, -0.15) is 0 Å². The fourth-order valence-corrected chi connectivity index (χ4v) is 4.43. The monoisotopic (exact) mass is 307 g/mol. The van der Waals surface area contributed by atoms with Crippen molar-refractivity contribution in [2.75, 3.05) is 13.1 Å². The van der Waals surface area contributed by atoms with E-state index < -0.39 is 0 Å². The van der Waals surface area contributed by atoms with E-state index in [-0.39, 0.29) is 0 Å². The lowest BCUT2D eigenvalue weighted by Crippen LogP contribution is -2.38. The summed E-state index contributed by atoms with van der Waals surface area (Å²) in [6.07, 6.45) is 5.12.